The molecule has 0 spiro atoms. The maximum atomic E-state index is 11.6. The van der Waals surface area contributed by atoms with Crippen molar-refractivity contribution in [3.8, 4) is 0 Å². The number of hydrogen-bond acceptors (Lipinski definition) is 2. The lowest BCUT2D eigenvalue weighted by molar-refractivity contribution is -0.144. The fourth-order valence-electron chi connectivity index (χ4n) is 1.65. The minimum absolute atomic E-state index is 0.0314. The molecule has 0 fully saturated rings. The predicted octanol–water partition coefficient (Wildman–Crippen LogP) is 4.83. The van der Waals surface area contributed by atoms with Crippen LogP contribution in [0.4, 0.5) is 0 Å². The summed E-state index contributed by atoms with van der Waals surface area (Å²) in [5.41, 5.74) is 0.925. The van der Waals surface area contributed by atoms with Crippen LogP contribution >= 0.6 is 23.2 Å². The molecule has 100 valence electrons. The van der Waals surface area contributed by atoms with E-state index in [0.717, 1.165) is 18.4 Å². The van der Waals surface area contributed by atoms with Crippen molar-refractivity contribution in [2.45, 2.75) is 39.0 Å². The molecule has 0 amide bonds. The number of carbonyl (C=O) groups is 1. The largest absolute Gasteiger partial charge is 0.466 e. The van der Waals surface area contributed by atoms with E-state index in [9.17, 15) is 4.79 Å². The minimum atomic E-state index is -0.179. The van der Waals surface area contributed by atoms with Gasteiger partial charge in [-0.25, -0.2) is 0 Å². The lowest BCUT2D eigenvalue weighted by Crippen LogP contribution is -2.09. The van der Waals surface area contributed by atoms with Crippen LogP contribution in [0, 0.1) is 0 Å². The zero-order valence-electron chi connectivity index (χ0n) is 10.7. The summed E-state index contributed by atoms with van der Waals surface area (Å²) in [7, 11) is 0. The Bertz CT molecular complexity index is 405. The normalized spacial score (nSPS) is 12.2. The van der Waals surface area contributed by atoms with Crippen LogP contribution in [-0.2, 0) is 9.53 Å². The topological polar surface area (TPSA) is 26.3 Å². The molecular weight excluding hydrogens is 271 g/mol. The molecule has 1 aromatic rings. The van der Waals surface area contributed by atoms with Crippen molar-refractivity contribution in [1.29, 1.82) is 0 Å². The third-order valence-electron chi connectivity index (χ3n) is 2.73. The number of esters is 1. The number of carbonyl (C=O) groups excluding carboxylic acids is 1. The quantitative estimate of drug-likeness (QED) is 0.554. The van der Waals surface area contributed by atoms with Gasteiger partial charge < -0.3 is 4.74 Å². The molecule has 0 aliphatic heterocycles. The fourth-order valence-corrected chi connectivity index (χ4v) is 2.25. The van der Waals surface area contributed by atoms with Gasteiger partial charge >= 0.3 is 5.97 Å². The Balaban J connectivity index is 2.54. The van der Waals surface area contributed by atoms with E-state index in [0.29, 0.717) is 23.1 Å². The van der Waals surface area contributed by atoms with Crippen molar-refractivity contribution >= 4 is 29.2 Å². The summed E-state index contributed by atoms with van der Waals surface area (Å²) < 4.78 is 5.13. The molecule has 1 rings (SSSR count). The number of rotatable bonds is 6. The smallest absolute Gasteiger partial charge is 0.306 e. The lowest BCUT2D eigenvalue weighted by atomic mass is 9.98. The van der Waals surface area contributed by atoms with Crippen LogP contribution in [0.3, 0.4) is 0 Å². The van der Waals surface area contributed by atoms with Crippen molar-refractivity contribution in [3.05, 3.63) is 33.8 Å². The fraction of sp³-hybridized carbons (Fsp3) is 0.500. The predicted molar refractivity (Wildman–Crippen MR) is 75.4 cm³/mol. The summed E-state index contributed by atoms with van der Waals surface area (Å²) in [6, 6.07) is 5.33. The zero-order chi connectivity index (χ0) is 13.5. The van der Waals surface area contributed by atoms with Crippen LogP contribution in [0.2, 0.25) is 10.0 Å². The Morgan fingerprint density at radius 1 is 1.39 bits per heavy atom. The molecule has 0 aliphatic rings. The Hall–Kier alpha value is -0.730. The monoisotopic (exact) mass is 288 g/mol. The van der Waals surface area contributed by atoms with Gasteiger partial charge in [0.05, 0.1) is 13.0 Å². The van der Waals surface area contributed by atoms with Crippen molar-refractivity contribution in [1.82, 2.24) is 0 Å². The summed E-state index contributed by atoms with van der Waals surface area (Å²) in [4.78, 5) is 11.6. The Kier molecular flexibility index (Phi) is 6.51. The van der Waals surface area contributed by atoms with E-state index in [4.69, 9.17) is 27.9 Å². The van der Waals surface area contributed by atoms with E-state index in [-0.39, 0.29) is 11.9 Å². The minimum Gasteiger partial charge on any atom is -0.466 e. The highest BCUT2D eigenvalue weighted by atomic mass is 35.5. The lowest BCUT2D eigenvalue weighted by Gasteiger charge is -2.13. The average Bonchev–Trinajstić information content (AvgIpc) is 2.28. The van der Waals surface area contributed by atoms with Crippen LogP contribution < -0.4 is 0 Å². The van der Waals surface area contributed by atoms with Gasteiger partial charge in [-0.1, -0.05) is 49.5 Å². The number of halogens is 2. The van der Waals surface area contributed by atoms with Gasteiger partial charge in [-0.3, -0.25) is 4.79 Å². The van der Waals surface area contributed by atoms with Crippen LogP contribution in [0.5, 0.6) is 0 Å². The summed E-state index contributed by atoms with van der Waals surface area (Å²) in [5, 5.41) is 1.19. The Morgan fingerprint density at radius 3 is 2.72 bits per heavy atom. The first-order valence-electron chi connectivity index (χ1n) is 6.15. The van der Waals surface area contributed by atoms with E-state index < -0.39 is 0 Å². The average molecular weight is 289 g/mol. The van der Waals surface area contributed by atoms with Crippen LogP contribution in [-0.4, -0.2) is 12.6 Å². The highest BCUT2D eigenvalue weighted by molar-refractivity contribution is 6.35. The van der Waals surface area contributed by atoms with Gasteiger partial charge in [0.2, 0.25) is 0 Å². The summed E-state index contributed by atoms with van der Waals surface area (Å²) in [5.74, 6) is -0.147. The first kappa shape index (κ1) is 15.3. The molecule has 0 saturated carbocycles. The first-order chi connectivity index (χ1) is 8.54. The van der Waals surface area contributed by atoms with E-state index in [1.807, 2.05) is 13.0 Å². The van der Waals surface area contributed by atoms with Gasteiger partial charge in [-0.15, -0.1) is 0 Å². The zero-order valence-corrected chi connectivity index (χ0v) is 12.2. The first-order valence-corrected chi connectivity index (χ1v) is 6.90. The molecule has 4 heteroatoms. The molecule has 0 aliphatic carbocycles. The van der Waals surface area contributed by atoms with Crippen LogP contribution in [0.25, 0.3) is 0 Å². The number of benzene rings is 1. The van der Waals surface area contributed by atoms with Gasteiger partial charge in [-0.2, -0.15) is 0 Å². The standard InChI is InChI=1S/C14H18Cl2O2/c1-3-4-7-18-14(17)8-10(2)12-6-5-11(15)9-13(12)16/h5-6,9-10H,3-4,7-8H2,1-2H3. The van der Waals surface area contributed by atoms with E-state index in [1.54, 1.807) is 12.1 Å². The molecule has 0 heterocycles. The maximum absolute atomic E-state index is 11.6. The second-order valence-corrected chi connectivity index (χ2v) is 5.19. The van der Waals surface area contributed by atoms with Crippen LogP contribution in [0.15, 0.2) is 18.2 Å². The van der Waals surface area contributed by atoms with Gasteiger partial charge in [0.25, 0.3) is 0 Å². The van der Waals surface area contributed by atoms with E-state index in [2.05, 4.69) is 6.92 Å². The van der Waals surface area contributed by atoms with Crippen molar-refractivity contribution in [2.75, 3.05) is 6.61 Å². The van der Waals surface area contributed by atoms with Crippen molar-refractivity contribution in [2.24, 2.45) is 0 Å². The molecule has 0 N–H and O–H groups in total. The molecular formula is C14H18Cl2O2. The third-order valence-corrected chi connectivity index (χ3v) is 3.29. The molecule has 1 atom stereocenters. The third kappa shape index (κ3) is 4.87. The van der Waals surface area contributed by atoms with Crippen LogP contribution in [0.1, 0.15) is 44.6 Å². The molecule has 1 unspecified atom stereocenters. The van der Waals surface area contributed by atoms with E-state index in [1.165, 1.54) is 0 Å². The summed E-state index contributed by atoms with van der Waals surface area (Å²) >= 11 is 11.9. The number of ether oxygens (including phenoxy) is 1. The molecule has 1 aromatic carbocycles. The highest BCUT2D eigenvalue weighted by Crippen LogP contribution is 2.29. The molecule has 0 saturated heterocycles. The highest BCUT2D eigenvalue weighted by Gasteiger charge is 2.15. The number of unbranched alkanes of at least 4 members (excludes halogenated alkanes) is 1. The Morgan fingerprint density at radius 2 is 2.11 bits per heavy atom. The van der Waals surface area contributed by atoms with Gasteiger partial charge in [0.15, 0.2) is 0 Å². The second-order valence-electron chi connectivity index (χ2n) is 4.35. The van der Waals surface area contributed by atoms with E-state index >= 15 is 0 Å². The molecule has 0 bridgehead atoms. The maximum Gasteiger partial charge on any atom is 0.306 e. The summed E-state index contributed by atoms with van der Waals surface area (Å²) in [6.45, 7) is 4.51. The van der Waals surface area contributed by atoms with Gasteiger partial charge in [-0.05, 0) is 30.0 Å². The molecule has 0 aromatic heterocycles. The number of hydrogen-bond donors (Lipinski definition) is 0. The molecule has 0 radical (unpaired) electrons. The van der Waals surface area contributed by atoms with Crippen molar-refractivity contribution in [3.63, 3.8) is 0 Å². The second kappa shape index (κ2) is 7.65. The van der Waals surface area contributed by atoms with Gasteiger partial charge in [0.1, 0.15) is 0 Å². The van der Waals surface area contributed by atoms with Gasteiger partial charge in [0, 0.05) is 10.0 Å². The SMILES string of the molecule is CCCCOC(=O)CC(C)c1ccc(Cl)cc1Cl. The molecule has 18 heavy (non-hydrogen) atoms. The molecule has 2 nitrogen and oxygen atoms in total. The van der Waals surface area contributed by atoms with Crippen molar-refractivity contribution < 1.29 is 9.53 Å². The Labute approximate surface area is 118 Å². The summed E-state index contributed by atoms with van der Waals surface area (Å²) in [6.07, 6.45) is 2.26.